The molecule has 1 aromatic heterocycles. The lowest BCUT2D eigenvalue weighted by Crippen LogP contribution is -2.18. The SMILES string of the molecule is CNC(c1ccc2c(c1)oc(=O)n2C)c1ccccc1Cl. The van der Waals surface area contributed by atoms with Gasteiger partial charge in [-0.15, -0.1) is 0 Å². The number of nitrogens with zero attached hydrogens (tertiary/aromatic N) is 1. The van der Waals surface area contributed by atoms with Gasteiger partial charge in [-0.1, -0.05) is 35.9 Å². The average molecular weight is 303 g/mol. The molecular formula is C16H15ClN2O2. The molecule has 3 aromatic rings. The average Bonchev–Trinajstić information content (AvgIpc) is 2.77. The van der Waals surface area contributed by atoms with Gasteiger partial charge in [0, 0.05) is 12.1 Å². The highest BCUT2D eigenvalue weighted by Gasteiger charge is 2.16. The normalized spacial score (nSPS) is 12.7. The zero-order valence-electron chi connectivity index (χ0n) is 11.8. The van der Waals surface area contributed by atoms with Gasteiger partial charge in [-0.05, 0) is 36.4 Å². The number of aromatic nitrogens is 1. The third-order valence-corrected chi connectivity index (χ3v) is 4.00. The van der Waals surface area contributed by atoms with Gasteiger partial charge in [-0.25, -0.2) is 4.79 Å². The molecule has 0 fully saturated rings. The van der Waals surface area contributed by atoms with Crippen molar-refractivity contribution in [3.63, 3.8) is 0 Å². The van der Waals surface area contributed by atoms with Crippen molar-refractivity contribution in [2.45, 2.75) is 6.04 Å². The van der Waals surface area contributed by atoms with Crippen molar-refractivity contribution in [1.82, 2.24) is 9.88 Å². The molecule has 0 saturated carbocycles. The molecule has 0 aliphatic heterocycles. The fourth-order valence-electron chi connectivity index (χ4n) is 2.54. The molecule has 0 spiro atoms. The second kappa shape index (κ2) is 5.39. The van der Waals surface area contributed by atoms with Gasteiger partial charge in [0.25, 0.3) is 0 Å². The van der Waals surface area contributed by atoms with E-state index < -0.39 is 0 Å². The lowest BCUT2D eigenvalue weighted by atomic mass is 9.98. The van der Waals surface area contributed by atoms with Crippen LogP contribution in [0.25, 0.3) is 11.1 Å². The first-order valence-electron chi connectivity index (χ1n) is 6.63. The maximum absolute atomic E-state index is 11.6. The Morgan fingerprint density at radius 3 is 2.71 bits per heavy atom. The van der Waals surface area contributed by atoms with Gasteiger partial charge < -0.3 is 9.73 Å². The van der Waals surface area contributed by atoms with Crippen LogP contribution in [-0.4, -0.2) is 11.6 Å². The largest absolute Gasteiger partial charge is 0.419 e. The number of aryl methyl sites for hydroxylation is 1. The van der Waals surface area contributed by atoms with Gasteiger partial charge in [-0.3, -0.25) is 4.57 Å². The second-order valence-electron chi connectivity index (χ2n) is 4.90. The van der Waals surface area contributed by atoms with E-state index in [0.29, 0.717) is 10.6 Å². The van der Waals surface area contributed by atoms with E-state index in [0.717, 1.165) is 16.6 Å². The van der Waals surface area contributed by atoms with E-state index in [2.05, 4.69) is 5.32 Å². The fourth-order valence-corrected chi connectivity index (χ4v) is 2.79. The Hall–Kier alpha value is -2.04. The molecule has 0 aliphatic rings. The summed E-state index contributed by atoms with van der Waals surface area (Å²) in [5.41, 5.74) is 3.33. The van der Waals surface area contributed by atoms with Gasteiger partial charge in [0.1, 0.15) is 0 Å². The molecule has 108 valence electrons. The molecule has 1 heterocycles. The van der Waals surface area contributed by atoms with Crippen LogP contribution in [0.1, 0.15) is 17.2 Å². The summed E-state index contributed by atoms with van der Waals surface area (Å²) in [5.74, 6) is -0.360. The predicted molar refractivity (Wildman–Crippen MR) is 83.8 cm³/mol. The van der Waals surface area contributed by atoms with Crippen LogP contribution in [0.2, 0.25) is 5.02 Å². The van der Waals surface area contributed by atoms with Gasteiger partial charge >= 0.3 is 5.76 Å². The molecule has 21 heavy (non-hydrogen) atoms. The van der Waals surface area contributed by atoms with Crippen molar-refractivity contribution in [3.8, 4) is 0 Å². The van der Waals surface area contributed by atoms with Crippen LogP contribution in [0.5, 0.6) is 0 Å². The summed E-state index contributed by atoms with van der Waals surface area (Å²) in [6.07, 6.45) is 0. The minimum absolute atomic E-state index is 0.0615. The topological polar surface area (TPSA) is 47.2 Å². The molecule has 0 bridgehead atoms. The maximum Gasteiger partial charge on any atom is 0.419 e. The molecule has 1 unspecified atom stereocenters. The van der Waals surface area contributed by atoms with Gasteiger partial charge in [-0.2, -0.15) is 0 Å². The predicted octanol–water partition coefficient (Wildman–Crippen LogP) is 3.09. The van der Waals surface area contributed by atoms with Crippen LogP contribution in [0.4, 0.5) is 0 Å². The number of rotatable bonds is 3. The summed E-state index contributed by atoms with van der Waals surface area (Å²) in [6.45, 7) is 0. The monoisotopic (exact) mass is 302 g/mol. The summed E-state index contributed by atoms with van der Waals surface area (Å²) in [7, 11) is 3.57. The van der Waals surface area contributed by atoms with E-state index >= 15 is 0 Å². The number of fused-ring (bicyclic) bond motifs is 1. The fraction of sp³-hybridized carbons (Fsp3) is 0.188. The van der Waals surface area contributed by atoms with Crippen LogP contribution >= 0.6 is 11.6 Å². The highest BCUT2D eigenvalue weighted by atomic mass is 35.5. The van der Waals surface area contributed by atoms with Crippen molar-refractivity contribution >= 4 is 22.7 Å². The Kier molecular flexibility index (Phi) is 3.57. The minimum atomic E-state index is -0.360. The summed E-state index contributed by atoms with van der Waals surface area (Å²) in [5, 5.41) is 3.95. The van der Waals surface area contributed by atoms with Crippen molar-refractivity contribution < 1.29 is 4.42 Å². The molecule has 0 amide bonds. The van der Waals surface area contributed by atoms with E-state index in [4.69, 9.17) is 16.0 Å². The van der Waals surface area contributed by atoms with E-state index in [1.165, 1.54) is 4.57 Å². The molecule has 1 atom stereocenters. The first-order chi connectivity index (χ1) is 10.1. The van der Waals surface area contributed by atoms with Gasteiger partial charge in [0.2, 0.25) is 0 Å². The lowest BCUT2D eigenvalue weighted by molar-refractivity contribution is 0.527. The quantitative estimate of drug-likeness (QED) is 0.809. The summed E-state index contributed by atoms with van der Waals surface area (Å²) < 4.78 is 6.74. The molecule has 5 heteroatoms. The smallest absolute Gasteiger partial charge is 0.408 e. The molecule has 0 aliphatic carbocycles. The van der Waals surface area contributed by atoms with Crippen LogP contribution in [0, 0.1) is 0 Å². The molecule has 1 N–H and O–H groups in total. The number of benzene rings is 2. The Morgan fingerprint density at radius 2 is 2.00 bits per heavy atom. The van der Waals surface area contributed by atoms with Gasteiger partial charge in [0.15, 0.2) is 5.58 Å². The number of hydrogen-bond acceptors (Lipinski definition) is 3. The van der Waals surface area contributed by atoms with E-state index in [1.54, 1.807) is 7.05 Å². The van der Waals surface area contributed by atoms with Crippen LogP contribution < -0.4 is 11.1 Å². The summed E-state index contributed by atoms with van der Waals surface area (Å²) in [4.78, 5) is 11.6. The van der Waals surface area contributed by atoms with Crippen LogP contribution in [0.15, 0.2) is 51.7 Å². The lowest BCUT2D eigenvalue weighted by Gasteiger charge is -2.18. The third-order valence-electron chi connectivity index (χ3n) is 3.65. The Balaban J connectivity index is 2.13. The first-order valence-corrected chi connectivity index (χ1v) is 7.01. The molecule has 2 aromatic carbocycles. The van der Waals surface area contributed by atoms with Crippen molar-refractivity contribution in [2.24, 2.45) is 7.05 Å². The molecule has 0 saturated heterocycles. The number of halogens is 1. The van der Waals surface area contributed by atoms with Crippen molar-refractivity contribution in [1.29, 1.82) is 0 Å². The molecule has 4 nitrogen and oxygen atoms in total. The number of oxazole rings is 1. The zero-order chi connectivity index (χ0) is 15.0. The van der Waals surface area contributed by atoms with Crippen molar-refractivity contribution in [3.05, 3.63) is 69.2 Å². The second-order valence-corrected chi connectivity index (χ2v) is 5.30. The third kappa shape index (κ3) is 2.37. The maximum atomic E-state index is 11.6. The van der Waals surface area contributed by atoms with Crippen molar-refractivity contribution in [2.75, 3.05) is 7.05 Å². The van der Waals surface area contributed by atoms with Gasteiger partial charge in [0.05, 0.1) is 11.6 Å². The Labute approximate surface area is 127 Å². The number of nitrogens with one attached hydrogen (secondary N) is 1. The molecule has 3 rings (SSSR count). The molecule has 0 radical (unpaired) electrons. The minimum Gasteiger partial charge on any atom is -0.408 e. The van der Waals surface area contributed by atoms with E-state index in [-0.39, 0.29) is 11.8 Å². The van der Waals surface area contributed by atoms with Crippen LogP contribution in [-0.2, 0) is 7.05 Å². The van der Waals surface area contributed by atoms with E-state index in [9.17, 15) is 4.79 Å². The standard InChI is InChI=1S/C16H15ClN2O2/c1-18-15(11-5-3-4-6-12(11)17)10-7-8-13-14(9-10)21-16(20)19(13)2/h3-9,15,18H,1-2H3. The highest BCUT2D eigenvalue weighted by molar-refractivity contribution is 6.31. The van der Waals surface area contributed by atoms with Crippen LogP contribution in [0.3, 0.4) is 0 Å². The Bertz CT molecular complexity index is 851. The summed E-state index contributed by atoms with van der Waals surface area (Å²) in [6, 6.07) is 13.4. The Morgan fingerprint density at radius 1 is 1.24 bits per heavy atom. The van der Waals surface area contributed by atoms with E-state index in [1.807, 2.05) is 49.5 Å². The number of hydrogen-bond donors (Lipinski definition) is 1. The molecular weight excluding hydrogens is 288 g/mol. The summed E-state index contributed by atoms with van der Waals surface area (Å²) >= 11 is 6.28. The first kappa shape index (κ1) is 13.9. The highest BCUT2D eigenvalue weighted by Crippen LogP contribution is 2.29. The zero-order valence-corrected chi connectivity index (χ0v) is 12.5.